The highest BCUT2D eigenvalue weighted by Crippen LogP contribution is 2.65. The Balaban J connectivity index is 1.46. The normalized spacial score (nSPS) is 36.8. The fraction of sp³-hybridized carbons (Fsp3) is 0.733. The summed E-state index contributed by atoms with van der Waals surface area (Å²) in [6.07, 6.45) is 5.86. The maximum atomic E-state index is 5.32. The summed E-state index contributed by atoms with van der Waals surface area (Å²) in [5.74, 6) is 5.04. The summed E-state index contributed by atoms with van der Waals surface area (Å²) in [6, 6.07) is 0.691. The van der Waals surface area contributed by atoms with Crippen LogP contribution in [0.5, 0.6) is 11.8 Å². The average molecular weight is 275 g/mol. The number of hydrogen-bond donors (Lipinski definition) is 1. The molecular formula is C15H21N3O2. The third-order valence-electron chi connectivity index (χ3n) is 5.50. The first-order chi connectivity index (χ1) is 9.83. The van der Waals surface area contributed by atoms with Crippen LogP contribution >= 0.6 is 0 Å². The first-order valence-electron chi connectivity index (χ1n) is 7.48. The largest absolute Gasteiger partial charge is 0.481 e. The molecule has 1 heterocycles. The van der Waals surface area contributed by atoms with Gasteiger partial charge in [-0.2, -0.15) is 0 Å². The quantitative estimate of drug-likeness (QED) is 0.885. The Hall–Kier alpha value is -1.36. The molecule has 1 N–H and O–H groups in total. The summed E-state index contributed by atoms with van der Waals surface area (Å²) in [7, 11) is 3.27. The highest BCUT2D eigenvalue weighted by Gasteiger charge is 2.64. The van der Waals surface area contributed by atoms with E-state index < -0.39 is 0 Å². The molecule has 1 aromatic rings. The van der Waals surface area contributed by atoms with E-state index in [1.54, 1.807) is 14.2 Å². The van der Waals surface area contributed by atoms with Gasteiger partial charge in [0.25, 0.3) is 0 Å². The van der Waals surface area contributed by atoms with E-state index in [-0.39, 0.29) is 0 Å². The fourth-order valence-corrected chi connectivity index (χ4v) is 4.70. The van der Waals surface area contributed by atoms with Gasteiger partial charge in [0, 0.05) is 12.6 Å². The second kappa shape index (κ2) is 4.58. The van der Waals surface area contributed by atoms with Crippen molar-refractivity contribution in [3.8, 4) is 11.8 Å². The number of nitrogens with zero attached hydrogens (tertiary/aromatic N) is 2. The standard InChI is InChI=1S/C15H21N3O2/c1-19-14-10(15(20-2)18-7-17-14)6-16-13-11-8-3-4-9(5-8)12(11)13/h7-9,11-13,16H,3-6H2,1-2H3. The molecule has 5 nitrogen and oxygen atoms in total. The molecule has 3 saturated carbocycles. The number of ether oxygens (including phenoxy) is 2. The minimum Gasteiger partial charge on any atom is -0.481 e. The second-order valence-corrected chi connectivity index (χ2v) is 6.27. The van der Waals surface area contributed by atoms with Crippen LogP contribution in [0.3, 0.4) is 0 Å². The predicted molar refractivity (Wildman–Crippen MR) is 73.6 cm³/mol. The highest BCUT2D eigenvalue weighted by molar-refractivity contribution is 5.34. The molecule has 4 atom stereocenters. The lowest BCUT2D eigenvalue weighted by molar-refractivity contribution is 0.356. The average Bonchev–Trinajstić information content (AvgIpc) is 2.87. The van der Waals surface area contributed by atoms with Crippen molar-refractivity contribution in [1.82, 2.24) is 15.3 Å². The maximum Gasteiger partial charge on any atom is 0.224 e. The molecule has 1 aromatic heterocycles. The van der Waals surface area contributed by atoms with Crippen LogP contribution in [0.1, 0.15) is 24.8 Å². The fourth-order valence-electron chi connectivity index (χ4n) is 4.70. The lowest BCUT2D eigenvalue weighted by Crippen LogP contribution is -2.23. The van der Waals surface area contributed by atoms with E-state index in [9.17, 15) is 0 Å². The van der Waals surface area contributed by atoms with Crippen molar-refractivity contribution in [2.75, 3.05) is 14.2 Å². The summed E-state index contributed by atoms with van der Waals surface area (Å²) in [5, 5.41) is 3.69. The van der Waals surface area contributed by atoms with Gasteiger partial charge >= 0.3 is 0 Å². The van der Waals surface area contributed by atoms with E-state index in [0.717, 1.165) is 35.8 Å². The van der Waals surface area contributed by atoms with Gasteiger partial charge < -0.3 is 14.8 Å². The molecule has 108 valence electrons. The molecule has 4 unspecified atom stereocenters. The molecule has 0 aromatic carbocycles. The number of rotatable bonds is 5. The van der Waals surface area contributed by atoms with E-state index in [2.05, 4.69) is 15.3 Å². The summed E-state index contributed by atoms with van der Waals surface area (Å²) in [6.45, 7) is 0.726. The summed E-state index contributed by atoms with van der Waals surface area (Å²) < 4.78 is 10.6. The molecule has 0 amide bonds. The summed E-state index contributed by atoms with van der Waals surface area (Å²) >= 11 is 0. The van der Waals surface area contributed by atoms with Crippen LogP contribution in [-0.4, -0.2) is 30.2 Å². The SMILES string of the molecule is COc1ncnc(OC)c1CNC1C2C3CCC(C3)C12. The number of aromatic nitrogens is 2. The van der Waals surface area contributed by atoms with Gasteiger partial charge in [-0.3, -0.25) is 0 Å². The van der Waals surface area contributed by atoms with Gasteiger partial charge in [0.2, 0.25) is 11.8 Å². The van der Waals surface area contributed by atoms with Crippen LogP contribution in [0, 0.1) is 23.7 Å². The van der Waals surface area contributed by atoms with Gasteiger partial charge in [0.05, 0.1) is 19.8 Å². The van der Waals surface area contributed by atoms with Crippen LogP contribution in [0.25, 0.3) is 0 Å². The van der Waals surface area contributed by atoms with Crippen molar-refractivity contribution < 1.29 is 9.47 Å². The van der Waals surface area contributed by atoms with E-state index in [1.165, 1.54) is 25.6 Å². The van der Waals surface area contributed by atoms with E-state index >= 15 is 0 Å². The van der Waals surface area contributed by atoms with Crippen molar-refractivity contribution in [1.29, 1.82) is 0 Å². The molecule has 5 heteroatoms. The molecule has 0 saturated heterocycles. The molecule has 3 fully saturated rings. The molecular weight excluding hydrogens is 254 g/mol. The Labute approximate surface area is 119 Å². The zero-order chi connectivity index (χ0) is 13.7. The molecule has 2 bridgehead atoms. The van der Waals surface area contributed by atoms with Gasteiger partial charge in [-0.15, -0.1) is 0 Å². The van der Waals surface area contributed by atoms with Gasteiger partial charge in [-0.05, 0) is 42.9 Å². The van der Waals surface area contributed by atoms with Gasteiger partial charge in [-0.25, -0.2) is 9.97 Å². The number of methoxy groups -OCH3 is 2. The third kappa shape index (κ3) is 1.72. The molecule has 0 spiro atoms. The minimum absolute atomic E-state index is 0.609. The lowest BCUT2D eigenvalue weighted by Gasteiger charge is -2.13. The smallest absolute Gasteiger partial charge is 0.224 e. The summed E-state index contributed by atoms with van der Waals surface area (Å²) in [4.78, 5) is 8.33. The van der Waals surface area contributed by atoms with Crippen LogP contribution < -0.4 is 14.8 Å². The van der Waals surface area contributed by atoms with Crippen LogP contribution in [0.15, 0.2) is 6.33 Å². The van der Waals surface area contributed by atoms with Crippen molar-refractivity contribution in [3.05, 3.63) is 11.9 Å². The maximum absolute atomic E-state index is 5.32. The van der Waals surface area contributed by atoms with Gasteiger partial charge in [-0.1, -0.05) is 0 Å². The Bertz CT molecular complexity index is 484. The third-order valence-corrected chi connectivity index (χ3v) is 5.50. The van der Waals surface area contributed by atoms with Gasteiger partial charge in [0.1, 0.15) is 6.33 Å². The van der Waals surface area contributed by atoms with Gasteiger partial charge in [0.15, 0.2) is 0 Å². The van der Waals surface area contributed by atoms with E-state index in [0.29, 0.717) is 17.8 Å². The Kier molecular flexibility index (Phi) is 2.84. The molecule has 0 aliphatic heterocycles. The first kappa shape index (κ1) is 12.4. The molecule has 3 aliphatic carbocycles. The van der Waals surface area contributed by atoms with Crippen molar-refractivity contribution in [2.45, 2.75) is 31.8 Å². The zero-order valence-corrected chi connectivity index (χ0v) is 12.0. The Morgan fingerprint density at radius 3 is 2.25 bits per heavy atom. The monoisotopic (exact) mass is 275 g/mol. The van der Waals surface area contributed by atoms with Crippen LogP contribution in [0.4, 0.5) is 0 Å². The zero-order valence-electron chi connectivity index (χ0n) is 12.0. The topological polar surface area (TPSA) is 56.3 Å². The predicted octanol–water partition coefficient (Wildman–Crippen LogP) is 1.63. The van der Waals surface area contributed by atoms with Crippen molar-refractivity contribution in [2.24, 2.45) is 23.7 Å². The first-order valence-corrected chi connectivity index (χ1v) is 7.48. The molecule has 4 rings (SSSR count). The number of hydrogen-bond acceptors (Lipinski definition) is 5. The van der Waals surface area contributed by atoms with Crippen LogP contribution in [-0.2, 0) is 6.54 Å². The lowest BCUT2D eigenvalue weighted by atomic mass is 10.0. The number of nitrogens with one attached hydrogen (secondary N) is 1. The number of fused-ring (bicyclic) bond motifs is 5. The second-order valence-electron chi connectivity index (χ2n) is 6.27. The molecule has 3 aliphatic rings. The van der Waals surface area contributed by atoms with Crippen molar-refractivity contribution in [3.63, 3.8) is 0 Å². The van der Waals surface area contributed by atoms with E-state index in [4.69, 9.17) is 9.47 Å². The molecule has 20 heavy (non-hydrogen) atoms. The van der Waals surface area contributed by atoms with Crippen LogP contribution in [0.2, 0.25) is 0 Å². The Morgan fingerprint density at radius 1 is 1.10 bits per heavy atom. The van der Waals surface area contributed by atoms with E-state index in [1.807, 2.05) is 0 Å². The minimum atomic E-state index is 0.609. The highest BCUT2D eigenvalue weighted by atomic mass is 16.5. The molecule has 0 radical (unpaired) electrons. The van der Waals surface area contributed by atoms with Crippen molar-refractivity contribution >= 4 is 0 Å². The Morgan fingerprint density at radius 2 is 1.70 bits per heavy atom. The summed E-state index contributed by atoms with van der Waals surface area (Å²) in [5.41, 5.74) is 0.926.